The van der Waals surface area contributed by atoms with Crippen LogP contribution in [0.3, 0.4) is 0 Å². The Morgan fingerprint density at radius 2 is 2.10 bits per heavy atom. The van der Waals surface area contributed by atoms with Crippen molar-refractivity contribution >= 4 is 11.6 Å². The number of carbonyl (C=O) groups is 1. The van der Waals surface area contributed by atoms with Crippen molar-refractivity contribution in [2.24, 2.45) is 0 Å². The summed E-state index contributed by atoms with van der Waals surface area (Å²) < 4.78 is 0. The number of rotatable bonds is 5. The number of nitrogens with zero attached hydrogens (tertiary/aromatic N) is 3. The molecule has 0 aliphatic rings. The Kier molecular flexibility index (Phi) is 4.65. The van der Waals surface area contributed by atoms with Crippen LogP contribution in [0.25, 0.3) is 0 Å². The highest BCUT2D eigenvalue weighted by molar-refractivity contribution is 5.73. The SMILES string of the molecule is CC(=O)N(C)Cc1ccccc1NCc1ccncn1. The monoisotopic (exact) mass is 270 g/mol. The number of aromatic nitrogens is 2. The Balaban J connectivity index is 2.06. The first-order chi connectivity index (χ1) is 9.66. The summed E-state index contributed by atoms with van der Waals surface area (Å²) in [5, 5.41) is 3.35. The minimum atomic E-state index is 0.0515. The van der Waals surface area contributed by atoms with Crippen molar-refractivity contribution in [3.05, 3.63) is 54.1 Å². The lowest BCUT2D eigenvalue weighted by Gasteiger charge is -2.18. The standard InChI is InChI=1S/C15H18N4O/c1-12(20)19(2)10-13-5-3-4-6-15(13)17-9-14-7-8-16-11-18-14/h3-8,11,17H,9-10H2,1-2H3. The average molecular weight is 270 g/mol. The summed E-state index contributed by atoms with van der Waals surface area (Å²) in [6.45, 7) is 2.78. The van der Waals surface area contributed by atoms with E-state index in [0.717, 1.165) is 16.9 Å². The first-order valence-corrected chi connectivity index (χ1v) is 6.45. The van der Waals surface area contributed by atoms with E-state index in [2.05, 4.69) is 15.3 Å². The van der Waals surface area contributed by atoms with E-state index >= 15 is 0 Å². The predicted octanol–water partition coefficient (Wildman–Crippen LogP) is 2.07. The highest BCUT2D eigenvalue weighted by Crippen LogP contribution is 2.17. The zero-order chi connectivity index (χ0) is 14.4. The predicted molar refractivity (Wildman–Crippen MR) is 77.9 cm³/mol. The van der Waals surface area contributed by atoms with E-state index in [1.54, 1.807) is 25.1 Å². The molecule has 1 amide bonds. The molecule has 0 unspecified atom stereocenters. The quantitative estimate of drug-likeness (QED) is 0.903. The van der Waals surface area contributed by atoms with E-state index in [1.165, 1.54) is 6.33 Å². The van der Waals surface area contributed by atoms with Crippen molar-refractivity contribution in [1.82, 2.24) is 14.9 Å². The second-order valence-electron chi connectivity index (χ2n) is 4.59. The van der Waals surface area contributed by atoms with Crippen LogP contribution in [-0.4, -0.2) is 27.8 Å². The largest absolute Gasteiger partial charge is 0.379 e. The molecule has 2 rings (SSSR count). The Morgan fingerprint density at radius 1 is 1.30 bits per heavy atom. The summed E-state index contributed by atoms with van der Waals surface area (Å²) in [7, 11) is 1.80. The van der Waals surface area contributed by atoms with Crippen molar-refractivity contribution in [2.75, 3.05) is 12.4 Å². The zero-order valence-corrected chi connectivity index (χ0v) is 11.7. The van der Waals surface area contributed by atoms with E-state index < -0.39 is 0 Å². The summed E-state index contributed by atoms with van der Waals surface area (Å²) in [5.41, 5.74) is 3.02. The van der Waals surface area contributed by atoms with Gasteiger partial charge in [0.25, 0.3) is 0 Å². The van der Waals surface area contributed by atoms with Crippen molar-refractivity contribution in [1.29, 1.82) is 0 Å². The fourth-order valence-corrected chi connectivity index (χ4v) is 1.81. The van der Waals surface area contributed by atoms with E-state index in [4.69, 9.17) is 0 Å². The summed E-state index contributed by atoms with van der Waals surface area (Å²) in [6, 6.07) is 9.84. The van der Waals surface area contributed by atoms with Crippen LogP contribution >= 0.6 is 0 Å². The van der Waals surface area contributed by atoms with Gasteiger partial charge in [-0.2, -0.15) is 0 Å². The summed E-state index contributed by atoms with van der Waals surface area (Å²) in [5.74, 6) is 0.0515. The second kappa shape index (κ2) is 6.65. The minimum Gasteiger partial charge on any atom is -0.379 e. The van der Waals surface area contributed by atoms with Crippen LogP contribution in [0.5, 0.6) is 0 Å². The van der Waals surface area contributed by atoms with Crippen molar-refractivity contribution in [3.63, 3.8) is 0 Å². The molecule has 2 aromatic rings. The lowest BCUT2D eigenvalue weighted by Crippen LogP contribution is -2.23. The minimum absolute atomic E-state index is 0.0515. The van der Waals surface area contributed by atoms with Gasteiger partial charge >= 0.3 is 0 Å². The summed E-state index contributed by atoms with van der Waals surface area (Å²) in [4.78, 5) is 21.1. The molecule has 20 heavy (non-hydrogen) atoms. The lowest BCUT2D eigenvalue weighted by atomic mass is 10.1. The van der Waals surface area contributed by atoms with Crippen LogP contribution < -0.4 is 5.32 Å². The van der Waals surface area contributed by atoms with E-state index in [0.29, 0.717) is 13.1 Å². The Morgan fingerprint density at radius 3 is 2.80 bits per heavy atom. The molecule has 5 nitrogen and oxygen atoms in total. The second-order valence-corrected chi connectivity index (χ2v) is 4.59. The molecule has 0 aliphatic carbocycles. The fourth-order valence-electron chi connectivity index (χ4n) is 1.81. The van der Waals surface area contributed by atoms with Crippen molar-refractivity contribution in [3.8, 4) is 0 Å². The molecule has 0 aliphatic heterocycles. The molecule has 0 bridgehead atoms. The van der Waals surface area contributed by atoms with Gasteiger partial charge in [0.2, 0.25) is 5.91 Å². The van der Waals surface area contributed by atoms with Gasteiger partial charge in [-0.05, 0) is 17.7 Å². The van der Waals surface area contributed by atoms with Gasteiger partial charge in [-0.1, -0.05) is 18.2 Å². The smallest absolute Gasteiger partial charge is 0.219 e. The number of para-hydroxylation sites is 1. The van der Waals surface area contributed by atoms with Gasteiger partial charge in [-0.3, -0.25) is 4.79 Å². The first kappa shape index (κ1) is 14.0. The number of benzene rings is 1. The number of anilines is 1. The molecule has 104 valence electrons. The van der Waals surface area contributed by atoms with Crippen molar-refractivity contribution < 1.29 is 4.79 Å². The average Bonchev–Trinajstić information content (AvgIpc) is 2.47. The maximum Gasteiger partial charge on any atom is 0.219 e. The molecule has 0 saturated heterocycles. The normalized spacial score (nSPS) is 10.1. The topological polar surface area (TPSA) is 58.1 Å². The molecule has 1 aromatic heterocycles. The lowest BCUT2D eigenvalue weighted by molar-refractivity contribution is -0.128. The van der Waals surface area contributed by atoms with E-state index in [9.17, 15) is 4.79 Å². The van der Waals surface area contributed by atoms with Gasteiger partial charge in [0.15, 0.2) is 0 Å². The van der Waals surface area contributed by atoms with Gasteiger partial charge in [0, 0.05) is 32.4 Å². The van der Waals surface area contributed by atoms with Gasteiger partial charge in [-0.15, -0.1) is 0 Å². The van der Waals surface area contributed by atoms with Crippen molar-refractivity contribution in [2.45, 2.75) is 20.0 Å². The number of hydrogen-bond donors (Lipinski definition) is 1. The Hall–Kier alpha value is -2.43. The number of nitrogens with one attached hydrogen (secondary N) is 1. The summed E-state index contributed by atoms with van der Waals surface area (Å²) >= 11 is 0. The zero-order valence-electron chi connectivity index (χ0n) is 11.7. The molecule has 0 atom stereocenters. The van der Waals surface area contributed by atoms with Crippen LogP contribution in [0.2, 0.25) is 0 Å². The number of hydrogen-bond acceptors (Lipinski definition) is 4. The van der Waals surface area contributed by atoms with Crippen LogP contribution in [0.1, 0.15) is 18.2 Å². The van der Waals surface area contributed by atoms with Crippen LogP contribution in [-0.2, 0) is 17.9 Å². The fraction of sp³-hybridized carbons (Fsp3) is 0.267. The van der Waals surface area contributed by atoms with E-state index in [1.807, 2.05) is 30.3 Å². The first-order valence-electron chi connectivity index (χ1n) is 6.45. The van der Waals surface area contributed by atoms with Gasteiger partial charge in [0.1, 0.15) is 6.33 Å². The highest BCUT2D eigenvalue weighted by atomic mass is 16.2. The molecule has 1 N–H and O–H groups in total. The molecule has 0 saturated carbocycles. The molecular weight excluding hydrogens is 252 g/mol. The van der Waals surface area contributed by atoms with Crippen LogP contribution in [0.15, 0.2) is 42.9 Å². The molecule has 5 heteroatoms. The van der Waals surface area contributed by atoms with Gasteiger partial charge < -0.3 is 10.2 Å². The molecule has 0 radical (unpaired) electrons. The Bertz CT molecular complexity index is 571. The summed E-state index contributed by atoms with van der Waals surface area (Å²) in [6.07, 6.45) is 3.26. The molecule has 0 fully saturated rings. The maximum absolute atomic E-state index is 11.3. The highest BCUT2D eigenvalue weighted by Gasteiger charge is 2.07. The maximum atomic E-state index is 11.3. The van der Waals surface area contributed by atoms with E-state index in [-0.39, 0.29) is 5.91 Å². The van der Waals surface area contributed by atoms with Gasteiger partial charge in [-0.25, -0.2) is 9.97 Å². The van der Waals surface area contributed by atoms with Gasteiger partial charge in [0.05, 0.1) is 12.2 Å². The molecule has 0 spiro atoms. The Labute approximate surface area is 118 Å². The van der Waals surface area contributed by atoms with Crippen LogP contribution in [0.4, 0.5) is 5.69 Å². The van der Waals surface area contributed by atoms with Crippen LogP contribution in [0, 0.1) is 0 Å². The third-order valence-corrected chi connectivity index (χ3v) is 3.07. The molecule has 1 aromatic carbocycles. The third kappa shape index (κ3) is 3.78. The number of carbonyl (C=O) groups excluding carboxylic acids is 1. The number of amides is 1. The third-order valence-electron chi connectivity index (χ3n) is 3.07. The molecule has 1 heterocycles. The molecular formula is C15H18N4O.